The van der Waals surface area contributed by atoms with Gasteiger partial charge in [-0.3, -0.25) is 4.79 Å². The van der Waals surface area contributed by atoms with Crippen molar-refractivity contribution in [3.05, 3.63) is 40.4 Å². The first kappa shape index (κ1) is 13.3. The van der Waals surface area contributed by atoms with Gasteiger partial charge in [0.05, 0.1) is 10.6 Å². The largest absolute Gasteiger partial charge is 0.478 e. The molecule has 2 N–H and O–H groups in total. The van der Waals surface area contributed by atoms with E-state index in [2.05, 4.69) is 5.32 Å². The van der Waals surface area contributed by atoms with Crippen LogP contribution in [0.4, 0.5) is 0 Å². The molecule has 0 aliphatic rings. The first-order chi connectivity index (χ1) is 8.02. The van der Waals surface area contributed by atoms with Gasteiger partial charge >= 0.3 is 5.97 Å². The summed E-state index contributed by atoms with van der Waals surface area (Å²) in [5, 5.41) is 11.8. The van der Waals surface area contributed by atoms with E-state index in [4.69, 9.17) is 16.7 Å². The fraction of sp³-hybridized carbons (Fsp3) is 0.167. The van der Waals surface area contributed by atoms with Crippen molar-refractivity contribution >= 4 is 29.6 Å². The Morgan fingerprint density at radius 3 is 2.76 bits per heavy atom. The molecule has 1 rings (SSSR count). The fourth-order valence-electron chi connectivity index (χ4n) is 1.29. The summed E-state index contributed by atoms with van der Waals surface area (Å²) >= 11 is 5.80. The molecule has 0 aliphatic heterocycles. The van der Waals surface area contributed by atoms with E-state index >= 15 is 0 Å². The number of amides is 1. The van der Waals surface area contributed by atoms with Gasteiger partial charge in [0, 0.05) is 13.5 Å². The maximum Gasteiger partial charge on any atom is 0.337 e. The Hall–Kier alpha value is -1.81. The van der Waals surface area contributed by atoms with Crippen LogP contribution in [0.2, 0.25) is 5.02 Å². The molecule has 0 spiro atoms. The predicted molar refractivity (Wildman–Crippen MR) is 66.1 cm³/mol. The normalized spacial score (nSPS) is 10.5. The number of carboxylic acids is 1. The molecule has 0 bridgehead atoms. The number of benzene rings is 1. The molecule has 0 radical (unpaired) electrons. The molecule has 1 aromatic rings. The van der Waals surface area contributed by atoms with Crippen LogP contribution in [-0.4, -0.2) is 23.5 Å². The Kier molecular flexibility index (Phi) is 4.72. The summed E-state index contributed by atoms with van der Waals surface area (Å²) < 4.78 is 0. The van der Waals surface area contributed by atoms with Gasteiger partial charge in [-0.25, -0.2) is 4.79 Å². The Bertz CT molecular complexity index is 469. The SMILES string of the molecule is CC(=O)NCC=Cc1cccc(Cl)c1C(=O)O. The molecule has 0 atom stereocenters. The van der Waals surface area contributed by atoms with E-state index in [0.717, 1.165) is 0 Å². The van der Waals surface area contributed by atoms with Gasteiger partial charge in [-0.05, 0) is 11.6 Å². The van der Waals surface area contributed by atoms with E-state index in [1.54, 1.807) is 24.3 Å². The van der Waals surface area contributed by atoms with Crippen molar-refractivity contribution in [1.82, 2.24) is 5.32 Å². The van der Waals surface area contributed by atoms with E-state index in [0.29, 0.717) is 12.1 Å². The van der Waals surface area contributed by atoms with Crippen LogP contribution in [0.15, 0.2) is 24.3 Å². The Morgan fingerprint density at radius 2 is 2.18 bits per heavy atom. The van der Waals surface area contributed by atoms with E-state index in [1.807, 2.05) is 0 Å². The molecule has 17 heavy (non-hydrogen) atoms. The molecule has 0 unspecified atom stereocenters. The highest BCUT2D eigenvalue weighted by Crippen LogP contribution is 2.21. The summed E-state index contributed by atoms with van der Waals surface area (Å²) in [7, 11) is 0. The number of aromatic carboxylic acids is 1. The lowest BCUT2D eigenvalue weighted by Gasteiger charge is -2.03. The summed E-state index contributed by atoms with van der Waals surface area (Å²) in [6.07, 6.45) is 3.28. The molecule has 5 heteroatoms. The lowest BCUT2D eigenvalue weighted by atomic mass is 10.1. The molecule has 4 nitrogen and oxygen atoms in total. The molecule has 0 aliphatic carbocycles. The first-order valence-electron chi connectivity index (χ1n) is 4.95. The maximum absolute atomic E-state index is 11.0. The Labute approximate surface area is 104 Å². The van der Waals surface area contributed by atoms with Crippen LogP contribution < -0.4 is 5.32 Å². The Balaban J connectivity index is 2.87. The third-order valence-corrected chi connectivity index (χ3v) is 2.34. The quantitative estimate of drug-likeness (QED) is 0.864. The second kappa shape index (κ2) is 6.06. The number of carbonyl (C=O) groups excluding carboxylic acids is 1. The van der Waals surface area contributed by atoms with Crippen molar-refractivity contribution in [3.8, 4) is 0 Å². The van der Waals surface area contributed by atoms with Crippen LogP contribution in [0, 0.1) is 0 Å². The third kappa shape index (κ3) is 3.92. The monoisotopic (exact) mass is 253 g/mol. The number of carboxylic acid groups (broad SMARTS) is 1. The number of hydrogen-bond acceptors (Lipinski definition) is 2. The van der Waals surface area contributed by atoms with Crippen molar-refractivity contribution in [1.29, 1.82) is 0 Å². The van der Waals surface area contributed by atoms with Gasteiger partial charge in [-0.15, -0.1) is 0 Å². The lowest BCUT2D eigenvalue weighted by Crippen LogP contribution is -2.19. The molecular weight excluding hydrogens is 242 g/mol. The van der Waals surface area contributed by atoms with Crippen molar-refractivity contribution in [2.45, 2.75) is 6.92 Å². The summed E-state index contributed by atoms with van der Waals surface area (Å²) in [4.78, 5) is 21.6. The van der Waals surface area contributed by atoms with Gasteiger partial charge in [-0.1, -0.05) is 35.9 Å². The summed E-state index contributed by atoms with van der Waals surface area (Å²) in [6.45, 7) is 1.76. The molecule has 0 saturated heterocycles. The van der Waals surface area contributed by atoms with Crippen LogP contribution >= 0.6 is 11.6 Å². The average molecular weight is 254 g/mol. The molecule has 0 fully saturated rings. The van der Waals surface area contributed by atoms with Crippen LogP contribution in [0.25, 0.3) is 6.08 Å². The average Bonchev–Trinajstić information content (AvgIpc) is 2.23. The third-order valence-electron chi connectivity index (χ3n) is 2.03. The second-order valence-electron chi connectivity index (χ2n) is 3.35. The smallest absolute Gasteiger partial charge is 0.337 e. The number of nitrogens with one attached hydrogen (secondary N) is 1. The number of halogens is 1. The molecule has 0 heterocycles. The number of rotatable bonds is 4. The molecule has 1 amide bonds. The van der Waals surface area contributed by atoms with Gasteiger partial charge in [0.25, 0.3) is 0 Å². The van der Waals surface area contributed by atoms with Gasteiger partial charge in [0.1, 0.15) is 0 Å². The fourth-order valence-corrected chi connectivity index (χ4v) is 1.56. The van der Waals surface area contributed by atoms with Gasteiger partial charge in [0.15, 0.2) is 0 Å². The second-order valence-corrected chi connectivity index (χ2v) is 3.76. The van der Waals surface area contributed by atoms with Crippen molar-refractivity contribution in [3.63, 3.8) is 0 Å². The highest BCUT2D eigenvalue weighted by molar-refractivity contribution is 6.33. The molecule has 0 saturated carbocycles. The molecule has 90 valence electrons. The number of carbonyl (C=O) groups is 2. The lowest BCUT2D eigenvalue weighted by molar-refractivity contribution is -0.118. The number of hydrogen-bond donors (Lipinski definition) is 2. The van der Waals surface area contributed by atoms with Crippen molar-refractivity contribution in [2.24, 2.45) is 0 Å². The molecular formula is C12H12ClNO3. The Morgan fingerprint density at radius 1 is 1.47 bits per heavy atom. The highest BCUT2D eigenvalue weighted by atomic mass is 35.5. The standard InChI is InChI=1S/C12H12ClNO3/c1-8(15)14-7-3-5-9-4-2-6-10(13)11(9)12(16)17/h2-6H,7H2,1H3,(H,14,15)(H,16,17). The van der Waals surface area contributed by atoms with Crippen molar-refractivity contribution in [2.75, 3.05) is 6.54 Å². The summed E-state index contributed by atoms with van der Waals surface area (Å²) in [6, 6.07) is 4.85. The van der Waals surface area contributed by atoms with E-state index in [-0.39, 0.29) is 16.5 Å². The van der Waals surface area contributed by atoms with Gasteiger partial charge in [-0.2, -0.15) is 0 Å². The topological polar surface area (TPSA) is 66.4 Å². The van der Waals surface area contributed by atoms with E-state index in [9.17, 15) is 9.59 Å². The minimum Gasteiger partial charge on any atom is -0.478 e. The van der Waals surface area contributed by atoms with Crippen LogP contribution in [-0.2, 0) is 4.79 Å². The van der Waals surface area contributed by atoms with Crippen LogP contribution in [0.1, 0.15) is 22.8 Å². The van der Waals surface area contributed by atoms with Gasteiger partial charge < -0.3 is 10.4 Å². The summed E-state index contributed by atoms with van der Waals surface area (Å²) in [5.74, 6) is -1.21. The zero-order valence-electron chi connectivity index (χ0n) is 9.24. The van der Waals surface area contributed by atoms with Crippen molar-refractivity contribution < 1.29 is 14.7 Å². The minimum absolute atomic E-state index is 0.0632. The van der Waals surface area contributed by atoms with Crippen LogP contribution in [0.3, 0.4) is 0 Å². The summed E-state index contributed by atoms with van der Waals surface area (Å²) in [5.41, 5.74) is 0.573. The predicted octanol–water partition coefficient (Wildman–Crippen LogP) is 2.19. The molecule has 1 aromatic carbocycles. The zero-order valence-corrected chi connectivity index (χ0v) is 9.99. The van der Waals surface area contributed by atoms with E-state index in [1.165, 1.54) is 13.0 Å². The molecule has 0 aromatic heterocycles. The minimum atomic E-state index is -1.07. The maximum atomic E-state index is 11.0. The van der Waals surface area contributed by atoms with Gasteiger partial charge in [0.2, 0.25) is 5.91 Å². The van der Waals surface area contributed by atoms with E-state index < -0.39 is 5.97 Å². The first-order valence-corrected chi connectivity index (χ1v) is 5.33. The van der Waals surface area contributed by atoms with Crippen LogP contribution in [0.5, 0.6) is 0 Å². The zero-order chi connectivity index (χ0) is 12.8. The highest BCUT2D eigenvalue weighted by Gasteiger charge is 2.11.